The van der Waals surface area contributed by atoms with Gasteiger partial charge in [-0.2, -0.15) is 0 Å². The van der Waals surface area contributed by atoms with Gasteiger partial charge in [0.25, 0.3) is 0 Å². The number of nitrogens with two attached hydrogens (primary N) is 1. The summed E-state index contributed by atoms with van der Waals surface area (Å²) in [7, 11) is 1.64. The monoisotopic (exact) mass is 317 g/mol. The van der Waals surface area contributed by atoms with E-state index in [0.29, 0.717) is 5.69 Å². The Hall–Kier alpha value is -3.07. The van der Waals surface area contributed by atoms with Gasteiger partial charge in [-0.3, -0.25) is 0 Å². The minimum atomic E-state index is -0.245. The summed E-state index contributed by atoms with van der Waals surface area (Å²) in [4.78, 5) is 0. The molecule has 0 bridgehead atoms. The van der Waals surface area contributed by atoms with Crippen molar-refractivity contribution < 1.29 is 9.13 Å². The predicted octanol–water partition coefficient (Wildman–Crippen LogP) is 5.39. The summed E-state index contributed by atoms with van der Waals surface area (Å²) in [5.74, 6) is 0.502. The van der Waals surface area contributed by atoms with Crippen molar-refractivity contribution in [1.29, 1.82) is 0 Å². The van der Waals surface area contributed by atoms with Crippen LogP contribution in [0.3, 0.4) is 0 Å². The van der Waals surface area contributed by atoms with Crippen LogP contribution in [0, 0.1) is 5.82 Å². The number of anilines is 1. The molecule has 3 heteroatoms. The Morgan fingerprint density at radius 3 is 2.42 bits per heavy atom. The zero-order chi connectivity index (χ0) is 16.7. The first-order valence-corrected chi connectivity index (χ1v) is 7.72. The Bertz CT molecular complexity index is 1070. The van der Waals surface area contributed by atoms with Gasteiger partial charge in [-0.1, -0.05) is 30.3 Å². The van der Waals surface area contributed by atoms with Crippen LogP contribution < -0.4 is 10.5 Å². The molecule has 0 radical (unpaired) electrons. The lowest BCUT2D eigenvalue weighted by molar-refractivity contribution is 0.417. The molecular weight excluding hydrogens is 301 g/mol. The lowest BCUT2D eigenvalue weighted by Crippen LogP contribution is -1.94. The van der Waals surface area contributed by atoms with Crippen LogP contribution in [0.15, 0.2) is 66.7 Å². The van der Waals surface area contributed by atoms with Crippen LogP contribution in [0.1, 0.15) is 0 Å². The fraction of sp³-hybridized carbons (Fsp3) is 0.0476. The smallest absolute Gasteiger partial charge is 0.127 e. The maximum Gasteiger partial charge on any atom is 0.127 e. The third-order valence-corrected chi connectivity index (χ3v) is 4.35. The highest BCUT2D eigenvalue weighted by Gasteiger charge is 2.14. The summed E-state index contributed by atoms with van der Waals surface area (Å²) in [5.41, 5.74) is 8.71. The Kier molecular flexibility index (Phi) is 3.35. The van der Waals surface area contributed by atoms with Gasteiger partial charge in [0.2, 0.25) is 0 Å². The highest BCUT2D eigenvalue weighted by molar-refractivity contribution is 6.08. The van der Waals surface area contributed by atoms with Crippen LogP contribution >= 0.6 is 0 Å². The van der Waals surface area contributed by atoms with Gasteiger partial charge in [0, 0.05) is 16.8 Å². The molecule has 0 saturated carbocycles. The zero-order valence-electron chi connectivity index (χ0n) is 13.2. The van der Waals surface area contributed by atoms with Gasteiger partial charge < -0.3 is 10.5 Å². The van der Waals surface area contributed by atoms with Crippen LogP contribution in [0.25, 0.3) is 32.7 Å². The topological polar surface area (TPSA) is 35.2 Å². The molecule has 0 atom stereocenters. The number of ether oxygens (including phenoxy) is 1. The van der Waals surface area contributed by atoms with E-state index in [9.17, 15) is 4.39 Å². The molecule has 0 saturated heterocycles. The average Bonchev–Trinajstić information content (AvgIpc) is 2.59. The molecule has 4 aromatic carbocycles. The van der Waals surface area contributed by atoms with Gasteiger partial charge >= 0.3 is 0 Å². The fourth-order valence-corrected chi connectivity index (χ4v) is 3.19. The second-order valence-electron chi connectivity index (χ2n) is 5.79. The number of nitrogen functional groups attached to an aromatic ring is 1. The van der Waals surface area contributed by atoms with E-state index in [1.54, 1.807) is 19.2 Å². The standard InChI is InChI=1S/C21H16FNO/c1-24-20-9-7-14-10-13-6-8-16(22)11-15(13)12-18(14)21(20)17-4-2-3-5-19(17)23/h2-12H,23H2,1H3. The summed E-state index contributed by atoms with van der Waals surface area (Å²) in [5, 5.41) is 3.91. The van der Waals surface area contributed by atoms with Crippen molar-refractivity contribution in [3.8, 4) is 16.9 Å². The lowest BCUT2D eigenvalue weighted by atomic mass is 9.94. The number of fused-ring (bicyclic) bond motifs is 2. The number of para-hydroxylation sites is 1. The molecule has 4 rings (SSSR count). The van der Waals surface area contributed by atoms with E-state index in [4.69, 9.17) is 10.5 Å². The van der Waals surface area contributed by atoms with E-state index in [2.05, 4.69) is 6.07 Å². The van der Waals surface area contributed by atoms with Gasteiger partial charge in [-0.25, -0.2) is 4.39 Å². The van der Waals surface area contributed by atoms with Gasteiger partial charge in [0.05, 0.1) is 7.11 Å². The van der Waals surface area contributed by atoms with E-state index in [1.165, 1.54) is 6.07 Å². The molecule has 118 valence electrons. The summed E-state index contributed by atoms with van der Waals surface area (Å²) < 4.78 is 19.2. The van der Waals surface area contributed by atoms with E-state index in [-0.39, 0.29) is 5.82 Å². The van der Waals surface area contributed by atoms with Crippen LogP contribution in [0.5, 0.6) is 5.75 Å². The maximum absolute atomic E-state index is 13.6. The van der Waals surface area contributed by atoms with Crippen molar-refractivity contribution in [3.63, 3.8) is 0 Å². The predicted molar refractivity (Wildman–Crippen MR) is 97.8 cm³/mol. The minimum absolute atomic E-state index is 0.245. The molecule has 0 fully saturated rings. The Morgan fingerprint density at radius 1 is 0.833 bits per heavy atom. The second kappa shape index (κ2) is 5.53. The van der Waals surface area contributed by atoms with Crippen LogP contribution in [-0.4, -0.2) is 7.11 Å². The molecule has 0 aromatic heterocycles. The van der Waals surface area contributed by atoms with Crippen molar-refractivity contribution in [2.45, 2.75) is 0 Å². The second-order valence-corrected chi connectivity index (χ2v) is 5.79. The first-order chi connectivity index (χ1) is 11.7. The van der Waals surface area contributed by atoms with Gasteiger partial charge in [0.15, 0.2) is 0 Å². The molecule has 0 aliphatic heterocycles. The molecule has 2 N–H and O–H groups in total. The summed E-state index contributed by atoms with van der Waals surface area (Å²) in [6.07, 6.45) is 0. The number of methoxy groups -OCH3 is 1. The van der Waals surface area contributed by atoms with Crippen molar-refractivity contribution >= 4 is 27.2 Å². The SMILES string of the molecule is COc1ccc2cc3ccc(F)cc3cc2c1-c1ccccc1N. The molecule has 0 aliphatic rings. The first kappa shape index (κ1) is 14.5. The van der Waals surface area contributed by atoms with E-state index in [0.717, 1.165) is 38.4 Å². The van der Waals surface area contributed by atoms with Gasteiger partial charge in [0.1, 0.15) is 11.6 Å². The van der Waals surface area contributed by atoms with E-state index in [1.807, 2.05) is 42.5 Å². The van der Waals surface area contributed by atoms with Crippen LogP contribution in [-0.2, 0) is 0 Å². The molecule has 4 aromatic rings. The first-order valence-electron chi connectivity index (χ1n) is 7.72. The maximum atomic E-state index is 13.6. The largest absolute Gasteiger partial charge is 0.496 e. The van der Waals surface area contributed by atoms with Crippen LogP contribution in [0.2, 0.25) is 0 Å². The molecule has 0 amide bonds. The van der Waals surface area contributed by atoms with Crippen molar-refractivity contribution in [1.82, 2.24) is 0 Å². The number of rotatable bonds is 2. The average molecular weight is 317 g/mol. The third kappa shape index (κ3) is 2.26. The number of hydrogen-bond acceptors (Lipinski definition) is 2. The number of hydrogen-bond donors (Lipinski definition) is 1. The molecule has 0 unspecified atom stereocenters. The lowest BCUT2D eigenvalue weighted by Gasteiger charge is -2.15. The Balaban J connectivity index is 2.14. The molecule has 2 nitrogen and oxygen atoms in total. The fourth-order valence-electron chi connectivity index (χ4n) is 3.19. The summed E-state index contributed by atoms with van der Waals surface area (Å²) >= 11 is 0. The van der Waals surface area contributed by atoms with Crippen molar-refractivity contribution in [2.24, 2.45) is 0 Å². The summed E-state index contributed by atoms with van der Waals surface area (Å²) in [6, 6.07) is 20.5. The molecule has 0 heterocycles. The molecular formula is C21H16FNO. The normalized spacial score (nSPS) is 11.1. The Labute approximate surface area is 139 Å². The van der Waals surface area contributed by atoms with E-state index < -0.39 is 0 Å². The highest BCUT2D eigenvalue weighted by Crippen LogP contribution is 2.40. The molecule has 0 spiro atoms. The number of halogens is 1. The van der Waals surface area contributed by atoms with Gasteiger partial charge in [-0.05, 0) is 57.9 Å². The number of benzene rings is 4. The summed E-state index contributed by atoms with van der Waals surface area (Å²) in [6.45, 7) is 0. The van der Waals surface area contributed by atoms with Crippen LogP contribution in [0.4, 0.5) is 10.1 Å². The van der Waals surface area contributed by atoms with Crippen molar-refractivity contribution in [3.05, 3.63) is 72.5 Å². The molecule has 24 heavy (non-hydrogen) atoms. The van der Waals surface area contributed by atoms with Gasteiger partial charge in [-0.15, -0.1) is 0 Å². The quantitative estimate of drug-likeness (QED) is 0.397. The van der Waals surface area contributed by atoms with Crippen molar-refractivity contribution in [2.75, 3.05) is 12.8 Å². The molecule has 0 aliphatic carbocycles. The zero-order valence-corrected chi connectivity index (χ0v) is 13.2. The highest BCUT2D eigenvalue weighted by atomic mass is 19.1. The Morgan fingerprint density at radius 2 is 1.62 bits per heavy atom. The van der Waals surface area contributed by atoms with E-state index >= 15 is 0 Å². The third-order valence-electron chi connectivity index (χ3n) is 4.35. The minimum Gasteiger partial charge on any atom is -0.496 e.